The summed E-state index contributed by atoms with van der Waals surface area (Å²) in [6, 6.07) is 0. The molecule has 0 spiro atoms. The van der Waals surface area contributed by atoms with Crippen LogP contribution in [0.1, 0.15) is 16.7 Å². The number of pyridine rings is 1. The SMILES string of the molecule is N=Cc1cnc(Cl)c2c1CSC2. The molecule has 0 aliphatic carbocycles. The van der Waals surface area contributed by atoms with E-state index in [0.29, 0.717) is 5.15 Å². The lowest BCUT2D eigenvalue weighted by Crippen LogP contribution is -1.94. The molecular weight excluding hydrogens is 192 g/mol. The molecule has 0 saturated carbocycles. The van der Waals surface area contributed by atoms with E-state index in [9.17, 15) is 0 Å². The molecule has 2 rings (SSSR count). The van der Waals surface area contributed by atoms with E-state index in [-0.39, 0.29) is 0 Å². The van der Waals surface area contributed by atoms with Crippen molar-refractivity contribution < 1.29 is 0 Å². The number of thioether (sulfide) groups is 1. The Bertz CT molecular complexity index is 338. The van der Waals surface area contributed by atoms with E-state index in [0.717, 1.165) is 22.6 Å². The van der Waals surface area contributed by atoms with Crippen molar-refractivity contribution in [1.82, 2.24) is 4.98 Å². The standard InChI is InChI=1S/C8H7ClN2S/c9-8-7-4-12-3-6(7)5(1-10)2-11-8/h1-2,10H,3-4H2. The Kier molecular flexibility index (Phi) is 2.07. The molecule has 0 amide bonds. The van der Waals surface area contributed by atoms with E-state index in [1.807, 2.05) is 11.8 Å². The second kappa shape index (κ2) is 3.07. The largest absolute Gasteiger partial charge is 0.308 e. The zero-order valence-electron chi connectivity index (χ0n) is 6.30. The highest BCUT2D eigenvalue weighted by Gasteiger charge is 2.17. The smallest absolute Gasteiger partial charge is 0.133 e. The molecule has 0 bridgehead atoms. The monoisotopic (exact) mass is 198 g/mol. The predicted molar refractivity (Wildman–Crippen MR) is 52.1 cm³/mol. The second-order valence-corrected chi connectivity index (χ2v) is 3.94. The molecule has 1 N–H and O–H groups in total. The third-order valence-electron chi connectivity index (χ3n) is 1.93. The van der Waals surface area contributed by atoms with Crippen LogP contribution in [0.5, 0.6) is 0 Å². The van der Waals surface area contributed by atoms with Gasteiger partial charge in [-0.05, 0) is 5.56 Å². The summed E-state index contributed by atoms with van der Waals surface area (Å²) in [5, 5.41) is 7.76. The molecule has 12 heavy (non-hydrogen) atoms. The topological polar surface area (TPSA) is 36.7 Å². The number of nitrogens with zero attached hydrogens (tertiary/aromatic N) is 1. The van der Waals surface area contributed by atoms with Gasteiger partial charge in [0, 0.05) is 35.0 Å². The first kappa shape index (κ1) is 8.08. The summed E-state index contributed by atoms with van der Waals surface area (Å²) in [4.78, 5) is 4.02. The van der Waals surface area contributed by atoms with Crippen molar-refractivity contribution in [3.63, 3.8) is 0 Å². The quantitative estimate of drug-likeness (QED) is 0.556. The average molecular weight is 199 g/mol. The lowest BCUT2D eigenvalue weighted by molar-refractivity contribution is 1.21. The van der Waals surface area contributed by atoms with Gasteiger partial charge in [0.2, 0.25) is 0 Å². The summed E-state index contributed by atoms with van der Waals surface area (Å²) in [5.74, 6) is 1.89. The molecule has 62 valence electrons. The van der Waals surface area contributed by atoms with Crippen LogP contribution in [0.2, 0.25) is 5.15 Å². The molecule has 2 heterocycles. The van der Waals surface area contributed by atoms with Crippen molar-refractivity contribution in [1.29, 1.82) is 5.41 Å². The van der Waals surface area contributed by atoms with E-state index < -0.39 is 0 Å². The van der Waals surface area contributed by atoms with Crippen molar-refractivity contribution in [3.8, 4) is 0 Å². The lowest BCUT2D eigenvalue weighted by atomic mass is 10.1. The van der Waals surface area contributed by atoms with Gasteiger partial charge in [-0.2, -0.15) is 11.8 Å². The fourth-order valence-corrected chi connectivity index (χ4v) is 2.75. The molecule has 2 nitrogen and oxygen atoms in total. The van der Waals surface area contributed by atoms with E-state index in [2.05, 4.69) is 4.98 Å². The van der Waals surface area contributed by atoms with Crippen LogP contribution in [0.4, 0.5) is 0 Å². The molecule has 1 aromatic rings. The van der Waals surface area contributed by atoms with Crippen LogP contribution in [0.25, 0.3) is 0 Å². The Morgan fingerprint density at radius 1 is 1.50 bits per heavy atom. The molecule has 0 aromatic carbocycles. The fraction of sp³-hybridized carbons (Fsp3) is 0.250. The Hall–Kier alpha value is -0.540. The van der Waals surface area contributed by atoms with Gasteiger partial charge in [0.1, 0.15) is 5.15 Å². The third-order valence-corrected chi connectivity index (χ3v) is 3.24. The Labute approximate surface area is 79.9 Å². The molecule has 0 saturated heterocycles. The second-order valence-electron chi connectivity index (χ2n) is 2.60. The predicted octanol–water partition coefficient (Wildman–Crippen LogP) is 2.48. The van der Waals surface area contributed by atoms with Crippen LogP contribution in [0, 0.1) is 5.41 Å². The zero-order valence-corrected chi connectivity index (χ0v) is 7.87. The zero-order chi connectivity index (χ0) is 8.55. The maximum absolute atomic E-state index is 7.17. The van der Waals surface area contributed by atoms with Gasteiger partial charge in [-0.1, -0.05) is 11.6 Å². The average Bonchev–Trinajstić information content (AvgIpc) is 2.54. The van der Waals surface area contributed by atoms with Gasteiger partial charge >= 0.3 is 0 Å². The van der Waals surface area contributed by atoms with Crippen molar-refractivity contribution in [3.05, 3.63) is 28.0 Å². The van der Waals surface area contributed by atoms with Crippen molar-refractivity contribution in [2.24, 2.45) is 0 Å². The summed E-state index contributed by atoms with van der Waals surface area (Å²) in [6.45, 7) is 0. The van der Waals surface area contributed by atoms with Crippen molar-refractivity contribution >= 4 is 29.6 Å². The normalized spacial score (nSPS) is 14.4. The highest BCUT2D eigenvalue weighted by atomic mass is 35.5. The van der Waals surface area contributed by atoms with E-state index >= 15 is 0 Å². The minimum atomic E-state index is 0.598. The van der Waals surface area contributed by atoms with Gasteiger partial charge in [-0.15, -0.1) is 0 Å². The van der Waals surface area contributed by atoms with Crippen LogP contribution < -0.4 is 0 Å². The number of aromatic nitrogens is 1. The Morgan fingerprint density at radius 2 is 2.25 bits per heavy atom. The van der Waals surface area contributed by atoms with E-state index in [4.69, 9.17) is 17.0 Å². The van der Waals surface area contributed by atoms with Gasteiger partial charge < -0.3 is 5.41 Å². The Balaban J connectivity index is 2.64. The van der Waals surface area contributed by atoms with Crippen LogP contribution in [0.3, 0.4) is 0 Å². The fourth-order valence-electron chi connectivity index (χ4n) is 1.28. The molecule has 1 aliphatic heterocycles. The van der Waals surface area contributed by atoms with Gasteiger partial charge in [0.25, 0.3) is 0 Å². The minimum Gasteiger partial charge on any atom is -0.308 e. The first-order chi connectivity index (χ1) is 5.83. The molecule has 1 aliphatic rings. The first-order valence-corrected chi connectivity index (χ1v) is 5.10. The summed E-state index contributed by atoms with van der Waals surface area (Å²) in [5.41, 5.74) is 3.21. The molecule has 4 heteroatoms. The number of hydrogen-bond acceptors (Lipinski definition) is 3. The van der Waals surface area contributed by atoms with Gasteiger partial charge in [-0.25, -0.2) is 4.98 Å². The summed E-state index contributed by atoms with van der Waals surface area (Å²) < 4.78 is 0. The first-order valence-electron chi connectivity index (χ1n) is 3.57. The van der Waals surface area contributed by atoms with Crippen LogP contribution in [-0.2, 0) is 11.5 Å². The van der Waals surface area contributed by atoms with Crippen LogP contribution >= 0.6 is 23.4 Å². The number of fused-ring (bicyclic) bond motifs is 1. The molecule has 0 unspecified atom stereocenters. The van der Waals surface area contributed by atoms with Gasteiger partial charge in [0.05, 0.1) is 0 Å². The maximum atomic E-state index is 7.17. The third kappa shape index (κ3) is 1.13. The highest BCUT2D eigenvalue weighted by molar-refractivity contribution is 7.98. The summed E-state index contributed by atoms with van der Waals surface area (Å²) in [7, 11) is 0. The van der Waals surface area contributed by atoms with E-state index in [1.165, 1.54) is 11.8 Å². The van der Waals surface area contributed by atoms with Gasteiger partial charge in [-0.3, -0.25) is 0 Å². The number of halogens is 1. The van der Waals surface area contributed by atoms with Crippen LogP contribution in [0.15, 0.2) is 6.20 Å². The summed E-state index contributed by atoms with van der Waals surface area (Å²) >= 11 is 7.72. The maximum Gasteiger partial charge on any atom is 0.133 e. The highest BCUT2D eigenvalue weighted by Crippen LogP contribution is 2.34. The molecule has 0 atom stereocenters. The Morgan fingerprint density at radius 3 is 3.00 bits per heavy atom. The minimum absolute atomic E-state index is 0.598. The molecular formula is C8H7ClN2S. The summed E-state index contributed by atoms with van der Waals surface area (Å²) in [6.07, 6.45) is 3.01. The molecule has 0 radical (unpaired) electrons. The lowest BCUT2D eigenvalue weighted by Gasteiger charge is -2.02. The molecule has 0 fully saturated rings. The number of nitrogens with one attached hydrogen (secondary N) is 1. The number of rotatable bonds is 1. The van der Waals surface area contributed by atoms with E-state index in [1.54, 1.807) is 6.20 Å². The van der Waals surface area contributed by atoms with Crippen molar-refractivity contribution in [2.45, 2.75) is 11.5 Å². The van der Waals surface area contributed by atoms with Crippen molar-refractivity contribution in [2.75, 3.05) is 0 Å². The number of hydrogen-bond donors (Lipinski definition) is 1. The molecule has 1 aromatic heterocycles. The van der Waals surface area contributed by atoms with Crippen LogP contribution in [-0.4, -0.2) is 11.2 Å². The van der Waals surface area contributed by atoms with Gasteiger partial charge in [0.15, 0.2) is 0 Å².